The number of hydrogen-bond acceptors (Lipinski definition) is 6. The molecular weight excluding hydrogens is 502 g/mol. The fraction of sp³-hybridized carbons (Fsp3) is 0.290. The van der Waals surface area contributed by atoms with Crippen LogP contribution in [0.2, 0.25) is 0 Å². The lowest BCUT2D eigenvalue weighted by molar-refractivity contribution is 0.101. The van der Waals surface area contributed by atoms with E-state index in [0.717, 1.165) is 47.2 Å². The fourth-order valence-corrected chi connectivity index (χ4v) is 5.04. The summed E-state index contributed by atoms with van der Waals surface area (Å²) in [6, 6.07) is 17.6. The molecular formula is C31H33N7O2. The number of pyridine rings is 1. The molecule has 0 amide bonds. The Hall–Kier alpha value is -4.66. The Labute approximate surface area is 232 Å². The number of nitrogens with zero attached hydrogens (tertiary/aromatic N) is 6. The molecule has 204 valence electrons. The zero-order chi connectivity index (χ0) is 28.2. The third-order valence-electron chi connectivity index (χ3n) is 7.13. The Bertz CT molecular complexity index is 1680. The highest BCUT2D eigenvalue weighted by Crippen LogP contribution is 2.29. The molecule has 5 aromatic rings. The highest BCUT2D eigenvalue weighted by atomic mass is 16.2. The van der Waals surface area contributed by atoms with Crippen molar-refractivity contribution in [3.63, 3.8) is 0 Å². The van der Waals surface area contributed by atoms with Gasteiger partial charge in [-0.05, 0) is 59.7 Å². The summed E-state index contributed by atoms with van der Waals surface area (Å²) in [4.78, 5) is 31.0. The normalized spacial score (nSPS) is 11.3. The highest BCUT2D eigenvalue weighted by Gasteiger charge is 2.21. The zero-order valence-corrected chi connectivity index (χ0v) is 23.3. The molecule has 0 fully saturated rings. The van der Waals surface area contributed by atoms with Crippen LogP contribution in [0.1, 0.15) is 73.6 Å². The Morgan fingerprint density at radius 1 is 1.05 bits per heavy atom. The average molecular weight is 536 g/mol. The van der Waals surface area contributed by atoms with E-state index in [0.29, 0.717) is 29.3 Å². The number of hydrogen-bond donors (Lipinski definition) is 1. The summed E-state index contributed by atoms with van der Waals surface area (Å²) in [5.41, 5.74) is 6.53. The van der Waals surface area contributed by atoms with Crippen molar-refractivity contribution in [2.75, 3.05) is 0 Å². The smallest absolute Gasteiger partial charge is 0.294 e. The molecule has 3 aromatic heterocycles. The van der Waals surface area contributed by atoms with E-state index in [4.69, 9.17) is 0 Å². The molecule has 0 saturated carbocycles. The number of aryl methyl sites for hydroxylation is 1. The predicted molar refractivity (Wildman–Crippen MR) is 155 cm³/mol. The van der Waals surface area contributed by atoms with Crippen molar-refractivity contribution < 1.29 is 4.79 Å². The molecule has 0 saturated heterocycles. The topological polar surface area (TPSA) is 111 Å². The van der Waals surface area contributed by atoms with Crippen LogP contribution in [0.4, 0.5) is 0 Å². The number of aromatic amines is 1. The van der Waals surface area contributed by atoms with Crippen molar-refractivity contribution >= 4 is 5.78 Å². The Balaban J connectivity index is 1.54. The minimum atomic E-state index is -0.141. The van der Waals surface area contributed by atoms with E-state index in [-0.39, 0.29) is 17.4 Å². The molecule has 5 rings (SSSR count). The quantitative estimate of drug-likeness (QED) is 0.233. The number of ketones is 1. The number of carbonyl (C=O) groups excluding carboxylic acids is 1. The number of aromatic nitrogens is 7. The van der Waals surface area contributed by atoms with E-state index >= 15 is 0 Å². The lowest BCUT2D eigenvalue weighted by Crippen LogP contribution is -2.26. The first-order valence-corrected chi connectivity index (χ1v) is 13.6. The van der Waals surface area contributed by atoms with Gasteiger partial charge in [0.2, 0.25) is 5.82 Å². The molecule has 0 aliphatic heterocycles. The van der Waals surface area contributed by atoms with Crippen LogP contribution in [0.25, 0.3) is 28.3 Å². The number of tetrazole rings is 1. The van der Waals surface area contributed by atoms with Crippen LogP contribution >= 0.6 is 0 Å². The van der Waals surface area contributed by atoms with Gasteiger partial charge in [0, 0.05) is 29.2 Å². The summed E-state index contributed by atoms with van der Waals surface area (Å²) in [5, 5.41) is 14.3. The fourth-order valence-electron chi connectivity index (χ4n) is 5.04. The van der Waals surface area contributed by atoms with Gasteiger partial charge in [0.15, 0.2) is 5.78 Å². The number of imidazole rings is 1. The lowest BCUT2D eigenvalue weighted by atomic mass is 9.96. The summed E-state index contributed by atoms with van der Waals surface area (Å²) in [7, 11) is 0. The molecule has 0 atom stereocenters. The minimum absolute atomic E-state index is 0.0570. The first-order chi connectivity index (χ1) is 19.4. The molecule has 0 bridgehead atoms. The van der Waals surface area contributed by atoms with Crippen molar-refractivity contribution in [2.45, 2.75) is 59.4 Å². The molecule has 0 aliphatic carbocycles. The van der Waals surface area contributed by atoms with Gasteiger partial charge in [0.1, 0.15) is 5.69 Å². The summed E-state index contributed by atoms with van der Waals surface area (Å²) >= 11 is 0. The molecule has 2 aromatic carbocycles. The van der Waals surface area contributed by atoms with E-state index in [1.807, 2.05) is 59.3 Å². The molecule has 1 N–H and O–H groups in total. The number of nitrogens with one attached hydrogen (secondary N) is 1. The summed E-state index contributed by atoms with van der Waals surface area (Å²) in [6.07, 6.45) is 6.39. The third kappa shape index (κ3) is 5.27. The maximum atomic E-state index is 14.0. The molecule has 40 heavy (non-hydrogen) atoms. The van der Waals surface area contributed by atoms with Crippen LogP contribution in [0.15, 0.2) is 71.8 Å². The van der Waals surface area contributed by atoms with E-state index in [9.17, 15) is 9.59 Å². The highest BCUT2D eigenvalue weighted by molar-refractivity contribution is 5.98. The van der Waals surface area contributed by atoms with Crippen LogP contribution in [0.5, 0.6) is 0 Å². The molecule has 3 heterocycles. The average Bonchev–Trinajstić information content (AvgIpc) is 3.61. The monoisotopic (exact) mass is 535 g/mol. The molecule has 0 aliphatic rings. The van der Waals surface area contributed by atoms with Gasteiger partial charge in [-0.2, -0.15) is 5.21 Å². The van der Waals surface area contributed by atoms with Crippen LogP contribution in [-0.4, -0.2) is 40.5 Å². The van der Waals surface area contributed by atoms with E-state index in [1.165, 1.54) is 0 Å². The second-order valence-electron chi connectivity index (χ2n) is 10.2. The maximum Gasteiger partial charge on any atom is 0.333 e. The van der Waals surface area contributed by atoms with Crippen LogP contribution in [0.3, 0.4) is 0 Å². The van der Waals surface area contributed by atoms with E-state index < -0.39 is 0 Å². The Morgan fingerprint density at radius 3 is 2.52 bits per heavy atom. The predicted octanol–water partition coefficient (Wildman–Crippen LogP) is 5.60. The second kappa shape index (κ2) is 11.6. The number of unbranched alkanes of at least 4 members (excludes halogenated alkanes) is 1. The molecule has 9 nitrogen and oxygen atoms in total. The van der Waals surface area contributed by atoms with E-state index in [1.54, 1.807) is 23.8 Å². The van der Waals surface area contributed by atoms with Gasteiger partial charge >= 0.3 is 5.69 Å². The van der Waals surface area contributed by atoms with Crippen LogP contribution in [0, 0.1) is 0 Å². The number of Topliss-reactive ketones (excluding diaryl/α,β-unsaturated/α-hetero) is 1. The number of para-hydroxylation sites is 1. The van der Waals surface area contributed by atoms with Crippen LogP contribution < -0.4 is 5.69 Å². The van der Waals surface area contributed by atoms with Crippen molar-refractivity contribution in [1.82, 2.24) is 34.7 Å². The van der Waals surface area contributed by atoms with Gasteiger partial charge < -0.3 is 0 Å². The van der Waals surface area contributed by atoms with Gasteiger partial charge in [-0.25, -0.2) is 4.79 Å². The first kappa shape index (κ1) is 26.9. The maximum absolute atomic E-state index is 14.0. The van der Waals surface area contributed by atoms with Gasteiger partial charge in [0.05, 0.1) is 12.2 Å². The number of benzene rings is 2. The van der Waals surface area contributed by atoms with Crippen molar-refractivity contribution in [3.8, 4) is 28.3 Å². The summed E-state index contributed by atoms with van der Waals surface area (Å²) in [5.74, 6) is 0.527. The standard InChI is InChI=1S/C31H33N7O2/c1-5-6-9-24-19-38(29-25(20(2)3)10-7-11-26(29)21(4)39)31(40)37(24)18-22-13-15-23(16-14-22)27-12-8-17-32-28(27)30-33-35-36-34-30/h7-8,10-17,19-20H,5-6,9,18H2,1-4H3,(H,33,34,35,36). The van der Waals surface area contributed by atoms with Gasteiger partial charge in [-0.15, -0.1) is 10.2 Å². The van der Waals surface area contributed by atoms with Crippen molar-refractivity contribution in [2.24, 2.45) is 0 Å². The zero-order valence-electron chi connectivity index (χ0n) is 23.3. The second-order valence-corrected chi connectivity index (χ2v) is 10.2. The Morgan fingerprint density at radius 2 is 1.85 bits per heavy atom. The van der Waals surface area contributed by atoms with Crippen LogP contribution in [-0.2, 0) is 13.0 Å². The largest absolute Gasteiger partial charge is 0.333 e. The van der Waals surface area contributed by atoms with Gasteiger partial charge in [-0.1, -0.05) is 69.7 Å². The van der Waals surface area contributed by atoms with Crippen molar-refractivity contribution in [3.05, 3.63) is 99.9 Å². The lowest BCUT2D eigenvalue weighted by Gasteiger charge is -2.16. The van der Waals surface area contributed by atoms with Gasteiger partial charge in [-0.3, -0.25) is 18.9 Å². The number of H-pyrrole nitrogens is 1. The minimum Gasteiger partial charge on any atom is -0.294 e. The summed E-state index contributed by atoms with van der Waals surface area (Å²) in [6.45, 7) is 8.28. The summed E-state index contributed by atoms with van der Waals surface area (Å²) < 4.78 is 3.51. The molecule has 0 unspecified atom stereocenters. The number of rotatable bonds is 10. The molecule has 0 radical (unpaired) electrons. The first-order valence-electron chi connectivity index (χ1n) is 13.6. The molecule has 0 spiro atoms. The number of carbonyl (C=O) groups is 1. The SMILES string of the molecule is CCCCc1cn(-c2c(C(C)=O)cccc2C(C)C)c(=O)n1Cc1ccc(-c2cccnc2-c2nn[nH]n2)cc1. The van der Waals surface area contributed by atoms with Gasteiger partial charge in [0.25, 0.3) is 0 Å². The Kier molecular flexibility index (Phi) is 7.82. The van der Waals surface area contributed by atoms with Crippen molar-refractivity contribution in [1.29, 1.82) is 0 Å². The molecule has 9 heteroatoms. The van der Waals surface area contributed by atoms with E-state index in [2.05, 4.69) is 46.4 Å². The third-order valence-corrected chi connectivity index (χ3v) is 7.13.